The van der Waals surface area contributed by atoms with Crippen LogP contribution in [0.1, 0.15) is 22.3 Å². The fourth-order valence-corrected chi connectivity index (χ4v) is 4.01. The Morgan fingerprint density at radius 3 is 2.28 bits per heavy atom. The highest BCUT2D eigenvalue weighted by atomic mass is 32.2. The zero-order valence-corrected chi connectivity index (χ0v) is 15.2. The standard InChI is InChI=1S/C18H21N3O3S/c1-13-9-14(2)18(15(3)10-13)25(23,24)20-12-17(22)21-19-11-16-7-5-4-6-8-16/h4-11,20H,12H2,1-3H3,(H,21,22)/b19-11-. The molecule has 6 nitrogen and oxygen atoms in total. The SMILES string of the molecule is Cc1cc(C)c(S(=O)(=O)NCC(=O)N/N=C\c2ccccc2)c(C)c1. The van der Waals surface area contributed by atoms with Crippen molar-refractivity contribution in [3.05, 3.63) is 64.7 Å². The summed E-state index contributed by atoms with van der Waals surface area (Å²) < 4.78 is 27.2. The van der Waals surface area contributed by atoms with E-state index in [-0.39, 0.29) is 11.4 Å². The maximum absolute atomic E-state index is 12.5. The number of carbonyl (C=O) groups is 1. The number of nitrogens with one attached hydrogen (secondary N) is 2. The first-order chi connectivity index (χ1) is 11.8. The van der Waals surface area contributed by atoms with Crippen LogP contribution in [-0.4, -0.2) is 27.1 Å². The first kappa shape index (κ1) is 18.8. The lowest BCUT2D eigenvalue weighted by Gasteiger charge is -2.12. The van der Waals surface area contributed by atoms with E-state index in [0.717, 1.165) is 11.1 Å². The third-order valence-electron chi connectivity index (χ3n) is 3.50. The Labute approximate surface area is 148 Å². The van der Waals surface area contributed by atoms with Crippen LogP contribution in [0.2, 0.25) is 0 Å². The van der Waals surface area contributed by atoms with Gasteiger partial charge in [0.25, 0.3) is 5.91 Å². The topological polar surface area (TPSA) is 87.6 Å². The van der Waals surface area contributed by atoms with Gasteiger partial charge in [-0.25, -0.2) is 18.6 Å². The van der Waals surface area contributed by atoms with Crippen molar-refractivity contribution in [1.29, 1.82) is 0 Å². The molecule has 0 bridgehead atoms. The molecule has 0 aliphatic rings. The highest BCUT2D eigenvalue weighted by Gasteiger charge is 2.20. The van der Waals surface area contributed by atoms with Gasteiger partial charge < -0.3 is 0 Å². The first-order valence-electron chi connectivity index (χ1n) is 7.74. The van der Waals surface area contributed by atoms with E-state index in [0.29, 0.717) is 11.1 Å². The molecule has 1 amide bonds. The Kier molecular flexibility index (Phi) is 6.06. The Hall–Kier alpha value is -2.51. The fraction of sp³-hybridized carbons (Fsp3) is 0.222. The lowest BCUT2D eigenvalue weighted by molar-refractivity contribution is -0.119. The van der Waals surface area contributed by atoms with Crippen LogP contribution < -0.4 is 10.1 Å². The number of rotatable bonds is 6. The van der Waals surface area contributed by atoms with Gasteiger partial charge in [0.15, 0.2) is 0 Å². The Morgan fingerprint density at radius 1 is 1.08 bits per heavy atom. The molecule has 0 spiro atoms. The summed E-state index contributed by atoms with van der Waals surface area (Å²) in [5.74, 6) is -0.543. The van der Waals surface area contributed by atoms with Gasteiger partial charge in [-0.2, -0.15) is 5.10 Å². The Morgan fingerprint density at radius 2 is 1.68 bits per heavy atom. The monoisotopic (exact) mass is 359 g/mol. The average molecular weight is 359 g/mol. The minimum atomic E-state index is -3.77. The van der Waals surface area contributed by atoms with Gasteiger partial charge in [0.2, 0.25) is 10.0 Å². The number of aryl methyl sites for hydroxylation is 3. The van der Waals surface area contributed by atoms with E-state index < -0.39 is 15.9 Å². The Bertz CT molecular complexity index is 868. The van der Waals surface area contributed by atoms with Crippen LogP contribution in [0.3, 0.4) is 0 Å². The molecule has 0 fully saturated rings. The molecular formula is C18H21N3O3S. The van der Waals surface area contributed by atoms with E-state index >= 15 is 0 Å². The number of sulfonamides is 1. The van der Waals surface area contributed by atoms with E-state index in [1.165, 1.54) is 6.21 Å². The second-order valence-electron chi connectivity index (χ2n) is 5.76. The largest absolute Gasteiger partial charge is 0.272 e. The highest BCUT2D eigenvalue weighted by molar-refractivity contribution is 7.89. The number of benzene rings is 2. The molecule has 0 aromatic heterocycles. The van der Waals surface area contributed by atoms with Crippen LogP contribution in [-0.2, 0) is 14.8 Å². The van der Waals surface area contributed by atoms with Gasteiger partial charge in [0, 0.05) is 0 Å². The van der Waals surface area contributed by atoms with Crippen molar-refractivity contribution < 1.29 is 13.2 Å². The average Bonchev–Trinajstić information content (AvgIpc) is 2.53. The summed E-state index contributed by atoms with van der Waals surface area (Å²) in [6, 6.07) is 12.8. The van der Waals surface area contributed by atoms with Crippen LogP contribution in [0.5, 0.6) is 0 Å². The zero-order chi connectivity index (χ0) is 18.4. The van der Waals surface area contributed by atoms with Crippen LogP contribution in [0, 0.1) is 20.8 Å². The molecule has 0 unspecified atom stereocenters. The molecule has 25 heavy (non-hydrogen) atoms. The lowest BCUT2D eigenvalue weighted by atomic mass is 10.1. The van der Waals surface area contributed by atoms with Crippen molar-refractivity contribution in [3.8, 4) is 0 Å². The predicted molar refractivity (Wildman–Crippen MR) is 98.0 cm³/mol. The van der Waals surface area contributed by atoms with E-state index in [1.54, 1.807) is 26.0 Å². The van der Waals surface area contributed by atoms with Gasteiger partial charge in [0.1, 0.15) is 0 Å². The molecule has 0 aliphatic carbocycles. The van der Waals surface area contributed by atoms with Crippen LogP contribution >= 0.6 is 0 Å². The summed E-state index contributed by atoms with van der Waals surface area (Å²) >= 11 is 0. The predicted octanol–water partition coefficient (Wildman–Crippen LogP) is 2.04. The number of nitrogens with zero attached hydrogens (tertiary/aromatic N) is 1. The Balaban J connectivity index is 1.98. The fourth-order valence-electron chi connectivity index (χ4n) is 2.58. The van der Waals surface area contributed by atoms with Crippen LogP contribution in [0.25, 0.3) is 0 Å². The summed E-state index contributed by atoms with van der Waals surface area (Å²) in [6.07, 6.45) is 1.49. The first-order valence-corrected chi connectivity index (χ1v) is 9.22. The molecule has 0 saturated heterocycles. The van der Waals surface area contributed by atoms with Gasteiger partial charge in [-0.3, -0.25) is 4.79 Å². The third kappa shape index (κ3) is 5.23. The summed E-state index contributed by atoms with van der Waals surface area (Å²) in [5.41, 5.74) is 5.40. The molecule has 2 rings (SSSR count). The lowest BCUT2D eigenvalue weighted by Crippen LogP contribution is -2.35. The summed E-state index contributed by atoms with van der Waals surface area (Å²) in [5, 5.41) is 3.80. The zero-order valence-electron chi connectivity index (χ0n) is 14.4. The second kappa shape index (κ2) is 8.04. The van der Waals surface area contributed by atoms with Gasteiger partial charge in [-0.1, -0.05) is 48.0 Å². The van der Waals surface area contributed by atoms with Crippen molar-refractivity contribution in [3.63, 3.8) is 0 Å². The maximum atomic E-state index is 12.5. The van der Waals surface area contributed by atoms with Crippen molar-refractivity contribution in [1.82, 2.24) is 10.1 Å². The summed E-state index contributed by atoms with van der Waals surface area (Å²) in [4.78, 5) is 12.0. The minimum absolute atomic E-state index is 0.207. The van der Waals surface area contributed by atoms with Crippen LogP contribution in [0.15, 0.2) is 52.5 Å². The van der Waals surface area contributed by atoms with E-state index in [4.69, 9.17) is 0 Å². The molecular weight excluding hydrogens is 338 g/mol. The van der Waals surface area contributed by atoms with E-state index in [1.807, 2.05) is 37.3 Å². The summed E-state index contributed by atoms with van der Waals surface area (Å²) in [6.45, 7) is 4.99. The molecule has 0 atom stereocenters. The number of hydrogen-bond acceptors (Lipinski definition) is 4. The smallest absolute Gasteiger partial charge is 0.255 e. The number of hydrogen-bond donors (Lipinski definition) is 2. The van der Waals surface area contributed by atoms with Gasteiger partial charge in [-0.15, -0.1) is 0 Å². The molecule has 2 N–H and O–H groups in total. The number of carbonyl (C=O) groups excluding carboxylic acids is 1. The molecule has 2 aromatic rings. The highest BCUT2D eigenvalue weighted by Crippen LogP contribution is 2.21. The van der Waals surface area contributed by atoms with Crippen molar-refractivity contribution in [2.75, 3.05) is 6.54 Å². The van der Waals surface area contributed by atoms with Gasteiger partial charge in [0.05, 0.1) is 17.7 Å². The quantitative estimate of drug-likeness (QED) is 0.611. The number of amides is 1. The molecule has 0 heterocycles. The van der Waals surface area contributed by atoms with Crippen molar-refractivity contribution >= 4 is 22.1 Å². The maximum Gasteiger partial charge on any atom is 0.255 e. The minimum Gasteiger partial charge on any atom is -0.272 e. The van der Waals surface area contributed by atoms with Crippen molar-refractivity contribution in [2.45, 2.75) is 25.7 Å². The van der Waals surface area contributed by atoms with Gasteiger partial charge >= 0.3 is 0 Å². The van der Waals surface area contributed by atoms with E-state index in [2.05, 4.69) is 15.2 Å². The molecule has 0 radical (unpaired) electrons. The summed E-state index contributed by atoms with van der Waals surface area (Å²) in [7, 11) is -3.77. The number of hydrazone groups is 1. The van der Waals surface area contributed by atoms with E-state index in [9.17, 15) is 13.2 Å². The van der Waals surface area contributed by atoms with Crippen molar-refractivity contribution in [2.24, 2.45) is 5.10 Å². The molecule has 0 saturated carbocycles. The molecule has 132 valence electrons. The third-order valence-corrected chi connectivity index (χ3v) is 5.20. The molecule has 2 aromatic carbocycles. The normalized spacial score (nSPS) is 11.6. The van der Waals surface area contributed by atoms with Crippen LogP contribution in [0.4, 0.5) is 0 Å². The molecule has 0 aliphatic heterocycles. The van der Waals surface area contributed by atoms with Gasteiger partial charge in [-0.05, 0) is 37.5 Å². The second-order valence-corrected chi connectivity index (χ2v) is 7.46. The molecule has 7 heteroatoms.